The van der Waals surface area contributed by atoms with Crippen LogP contribution in [-0.4, -0.2) is 79.0 Å². The highest BCUT2D eigenvalue weighted by Gasteiger charge is 2.40. The van der Waals surface area contributed by atoms with Crippen LogP contribution in [0.15, 0.2) is 41.3 Å². The van der Waals surface area contributed by atoms with Crippen molar-refractivity contribution < 1.29 is 27.9 Å². The second-order valence-corrected chi connectivity index (χ2v) is 11.0. The van der Waals surface area contributed by atoms with E-state index in [0.717, 1.165) is 5.39 Å². The topological polar surface area (TPSA) is 136 Å². The first-order chi connectivity index (χ1) is 16.5. The lowest BCUT2D eigenvalue weighted by atomic mass is 10.0. The summed E-state index contributed by atoms with van der Waals surface area (Å²) in [5, 5.41) is 13.4. The van der Waals surface area contributed by atoms with Gasteiger partial charge in [-0.3, -0.25) is 9.59 Å². The Morgan fingerprint density at radius 3 is 2.57 bits per heavy atom. The standard InChI is InChI=1S/C23H27ClN4O6S/c1-14(21(29)27-9-2-3-18(13-27)25-23(31)32)28-10-8-20(22(28)30)26-35(33,34)19-7-5-15-11-17(24)6-4-16(15)12-19/h4-7,11-12,14,18,20,25-26H,2-3,8-10,13H2,1H3,(H,31,32)/t14-,18-,20-/m0/s1. The van der Waals surface area contributed by atoms with Crippen molar-refractivity contribution in [2.75, 3.05) is 19.6 Å². The number of piperidine rings is 1. The molecule has 12 heteroatoms. The third kappa shape index (κ3) is 5.52. The fraction of sp³-hybridized carbons (Fsp3) is 0.435. The monoisotopic (exact) mass is 522 g/mol. The highest BCUT2D eigenvalue weighted by molar-refractivity contribution is 7.89. The van der Waals surface area contributed by atoms with Crippen molar-refractivity contribution in [1.29, 1.82) is 0 Å². The summed E-state index contributed by atoms with van der Waals surface area (Å²) in [7, 11) is -3.98. The minimum Gasteiger partial charge on any atom is -0.465 e. The maximum atomic E-state index is 13.0. The Bertz CT molecular complexity index is 1270. The van der Waals surface area contributed by atoms with Crippen LogP contribution >= 0.6 is 11.6 Å². The predicted molar refractivity (Wildman–Crippen MR) is 130 cm³/mol. The van der Waals surface area contributed by atoms with Crippen LogP contribution in [0.2, 0.25) is 5.02 Å². The number of carbonyl (C=O) groups is 3. The molecule has 0 unspecified atom stereocenters. The molecule has 2 heterocycles. The molecular weight excluding hydrogens is 496 g/mol. The lowest BCUT2D eigenvalue weighted by Gasteiger charge is -2.36. The van der Waals surface area contributed by atoms with Gasteiger partial charge in [0.1, 0.15) is 12.1 Å². The fourth-order valence-electron chi connectivity index (χ4n) is 4.68. The quantitative estimate of drug-likeness (QED) is 0.531. The minimum absolute atomic E-state index is 0.0352. The number of rotatable bonds is 6. The van der Waals surface area contributed by atoms with Gasteiger partial charge in [-0.2, -0.15) is 4.72 Å². The molecule has 3 N–H and O–H groups in total. The average Bonchev–Trinajstić information content (AvgIpc) is 3.16. The van der Waals surface area contributed by atoms with Crippen molar-refractivity contribution in [3.05, 3.63) is 41.4 Å². The van der Waals surface area contributed by atoms with Crippen LogP contribution in [0.25, 0.3) is 10.8 Å². The Hall–Kier alpha value is -2.89. The van der Waals surface area contributed by atoms with E-state index in [4.69, 9.17) is 16.7 Å². The molecule has 0 radical (unpaired) electrons. The highest BCUT2D eigenvalue weighted by Crippen LogP contribution is 2.24. The molecule has 2 fully saturated rings. The number of halogens is 1. The van der Waals surface area contributed by atoms with E-state index in [1.807, 2.05) is 0 Å². The van der Waals surface area contributed by atoms with E-state index in [0.29, 0.717) is 29.8 Å². The molecule has 2 aromatic carbocycles. The Kier molecular flexibility index (Phi) is 7.20. The van der Waals surface area contributed by atoms with Crippen molar-refractivity contribution in [1.82, 2.24) is 19.8 Å². The molecule has 2 aliphatic heterocycles. The number of benzene rings is 2. The van der Waals surface area contributed by atoms with Crippen LogP contribution < -0.4 is 10.0 Å². The maximum Gasteiger partial charge on any atom is 0.404 e. The van der Waals surface area contributed by atoms with E-state index in [-0.39, 0.29) is 36.4 Å². The number of hydrogen-bond donors (Lipinski definition) is 3. The van der Waals surface area contributed by atoms with E-state index >= 15 is 0 Å². The minimum atomic E-state index is -3.98. The van der Waals surface area contributed by atoms with Crippen LogP contribution in [-0.2, 0) is 19.6 Å². The van der Waals surface area contributed by atoms with Gasteiger partial charge in [-0.25, -0.2) is 13.2 Å². The number of amides is 3. The normalized spacial score (nSPS) is 21.8. The Morgan fingerprint density at radius 1 is 1.11 bits per heavy atom. The van der Waals surface area contributed by atoms with Crippen molar-refractivity contribution in [3.63, 3.8) is 0 Å². The van der Waals surface area contributed by atoms with Crippen molar-refractivity contribution in [3.8, 4) is 0 Å². The zero-order chi connectivity index (χ0) is 25.3. The summed E-state index contributed by atoms with van der Waals surface area (Å²) in [5.74, 6) is -0.744. The molecule has 2 aromatic rings. The summed E-state index contributed by atoms with van der Waals surface area (Å²) in [6.07, 6.45) is 0.385. The smallest absolute Gasteiger partial charge is 0.404 e. The molecule has 10 nitrogen and oxygen atoms in total. The largest absolute Gasteiger partial charge is 0.465 e. The number of hydrogen-bond acceptors (Lipinski definition) is 5. The van der Waals surface area contributed by atoms with Crippen molar-refractivity contribution >= 4 is 50.3 Å². The van der Waals surface area contributed by atoms with E-state index in [1.165, 1.54) is 17.0 Å². The van der Waals surface area contributed by atoms with Gasteiger partial charge in [0.25, 0.3) is 0 Å². The Balaban J connectivity index is 1.42. The first kappa shape index (κ1) is 25.2. The first-order valence-corrected chi connectivity index (χ1v) is 13.2. The Morgan fingerprint density at radius 2 is 1.83 bits per heavy atom. The number of carbonyl (C=O) groups excluding carboxylic acids is 2. The maximum absolute atomic E-state index is 13.0. The highest BCUT2D eigenvalue weighted by atomic mass is 35.5. The van der Waals surface area contributed by atoms with E-state index in [1.54, 1.807) is 36.1 Å². The summed E-state index contributed by atoms with van der Waals surface area (Å²) in [5.41, 5.74) is 0. The molecule has 3 atom stereocenters. The predicted octanol–water partition coefficient (Wildman–Crippen LogP) is 2.02. The molecular formula is C23H27ClN4O6S. The van der Waals surface area contributed by atoms with E-state index in [9.17, 15) is 22.8 Å². The molecule has 0 aromatic heterocycles. The molecule has 0 spiro atoms. The van der Waals surface area contributed by atoms with E-state index < -0.39 is 34.1 Å². The summed E-state index contributed by atoms with van der Waals surface area (Å²) in [6.45, 7) is 2.56. The first-order valence-electron chi connectivity index (χ1n) is 11.4. The lowest BCUT2D eigenvalue weighted by molar-refractivity contribution is -0.144. The molecule has 2 aliphatic rings. The third-order valence-corrected chi connectivity index (χ3v) is 8.21. The van der Waals surface area contributed by atoms with Gasteiger partial charge < -0.3 is 20.2 Å². The van der Waals surface area contributed by atoms with Crippen LogP contribution in [0.5, 0.6) is 0 Å². The second-order valence-electron chi connectivity index (χ2n) is 8.90. The van der Waals surface area contributed by atoms with Crippen LogP contribution in [0, 0.1) is 0 Å². The number of fused-ring (bicyclic) bond motifs is 1. The van der Waals surface area contributed by atoms with Crippen LogP contribution in [0.4, 0.5) is 4.79 Å². The SMILES string of the molecule is C[C@@H](C(=O)N1CCC[C@H](NC(=O)O)C1)N1CC[C@H](NS(=O)(=O)c2ccc3cc(Cl)ccc3c2)C1=O. The van der Waals surface area contributed by atoms with Crippen molar-refractivity contribution in [2.45, 2.75) is 49.2 Å². The number of nitrogens with zero attached hydrogens (tertiary/aromatic N) is 2. The summed E-state index contributed by atoms with van der Waals surface area (Å²) in [6, 6.07) is 7.66. The fourth-order valence-corrected chi connectivity index (χ4v) is 6.12. The van der Waals surface area contributed by atoms with Crippen LogP contribution in [0.1, 0.15) is 26.2 Å². The molecule has 2 saturated heterocycles. The van der Waals surface area contributed by atoms with Gasteiger partial charge in [0, 0.05) is 30.7 Å². The number of sulfonamides is 1. The van der Waals surface area contributed by atoms with Gasteiger partial charge in [0.05, 0.1) is 4.90 Å². The van der Waals surface area contributed by atoms with Gasteiger partial charge in [-0.05, 0) is 61.2 Å². The summed E-state index contributed by atoms with van der Waals surface area (Å²) < 4.78 is 28.5. The molecule has 188 valence electrons. The Labute approximate surface area is 208 Å². The van der Waals surface area contributed by atoms with Gasteiger partial charge in [-0.15, -0.1) is 0 Å². The number of nitrogens with one attached hydrogen (secondary N) is 2. The number of carboxylic acid groups (broad SMARTS) is 1. The molecule has 0 aliphatic carbocycles. The van der Waals surface area contributed by atoms with Crippen molar-refractivity contribution in [2.24, 2.45) is 0 Å². The van der Waals surface area contributed by atoms with Gasteiger partial charge >= 0.3 is 6.09 Å². The zero-order valence-corrected chi connectivity index (χ0v) is 20.7. The van der Waals surface area contributed by atoms with Gasteiger partial charge in [0.2, 0.25) is 21.8 Å². The summed E-state index contributed by atoms with van der Waals surface area (Å²) >= 11 is 5.99. The summed E-state index contributed by atoms with van der Waals surface area (Å²) in [4.78, 5) is 40.0. The molecule has 35 heavy (non-hydrogen) atoms. The third-order valence-electron chi connectivity index (χ3n) is 6.51. The average molecular weight is 523 g/mol. The lowest BCUT2D eigenvalue weighted by Crippen LogP contribution is -2.55. The van der Waals surface area contributed by atoms with E-state index in [2.05, 4.69) is 10.0 Å². The van der Waals surface area contributed by atoms with Gasteiger partial charge in [-0.1, -0.05) is 23.7 Å². The van der Waals surface area contributed by atoms with Crippen LogP contribution in [0.3, 0.4) is 0 Å². The molecule has 3 amide bonds. The number of likely N-dealkylation sites (tertiary alicyclic amines) is 2. The molecule has 4 rings (SSSR count). The van der Waals surface area contributed by atoms with Gasteiger partial charge in [0.15, 0.2) is 0 Å². The molecule has 0 bridgehead atoms. The molecule has 0 saturated carbocycles. The second kappa shape index (κ2) is 10.00. The zero-order valence-electron chi connectivity index (χ0n) is 19.1.